The van der Waals surface area contributed by atoms with E-state index in [0.29, 0.717) is 22.2 Å². The fourth-order valence-corrected chi connectivity index (χ4v) is 4.96. The Bertz CT molecular complexity index is 1520. The first-order chi connectivity index (χ1) is 19.2. The molecular formula is C28H27N5O6S. The maximum absolute atomic E-state index is 13.5. The molecule has 1 aliphatic rings. The molecule has 206 valence electrons. The molecule has 1 saturated heterocycles. The number of benzene rings is 3. The summed E-state index contributed by atoms with van der Waals surface area (Å²) >= 11 is 1.14. The number of nitro groups is 1. The second kappa shape index (κ2) is 12.4. The fourth-order valence-electron chi connectivity index (χ4n) is 3.89. The number of carbonyl (C=O) groups is 2. The Labute approximate surface area is 235 Å². The van der Waals surface area contributed by atoms with Gasteiger partial charge in [0.15, 0.2) is 5.17 Å². The first-order valence-corrected chi connectivity index (χ1v) is 13.0. The van der Waals surface area contributed by atoms with E-state index in [4.69, 9.17) is 14.5 Å². The summed E-state index contributed by atoms with van der Waals surface area (Å²) < 4.78 is 10.6. The smallest absolute Gasteiger partial charge is 0.273 e. The minimum Gasteiger partial charge on any atom is -0.496 e. The zero-order chi connectivity index (χ0) is 28.8. The summed E-state index contributed by atoms with van der Waals surface area (Å²) in [6, 6.07) is 16.8. The normalized spacial score (nSPS) is 16.0. The standard InChI is InChI=1S/C28H27N5O6S/c1-17-8-7-10-21(18(17)2)31-28-32(29-16-19-9-5-6-11-23(19)38-3)27(35)25(40-28)15-26(34)30-22-13-12-20(33(36)37)14-24(22)39-4/h5-14,16,25H,15H2,1-4H3,(H,30,34)/b29-16-,31-28?/t25-/m0/s1. The van der Waals surface area contributed by atoms with Gasteiger partial charge in [0.25, 0.3) is 11.6 Å². The summed E-state index contributed by atoms with van der Waals surface area (Å²) in [5.74, 6) is -0.162. The highest BCUT2D eigenvalue weighted by atomic mass is 32.2. The molecule has 0 saturated carbocycles. The van der Waals surface area contributed by atoms with Gasteiger partial charge in [-0.15, -0.1) is 0 Å². The van der Waals surface area contributed by atoms with Gasteiger partial charge in [0.1, 0.15) is 16.7 Å². The van der Waals surface area contributed by atoms with Gasteiger partial charge in [-0.05, 0) is 49.2 Å². The molecule has 0 spiro atoms. The molecule has 3 aromatic rings. The number of ether oxygens (including phenoxy) is 2. The summed E-state index contributed by atoms with van der Waals surface area (Å²) in [5, 5.41) is 18.9. The number of non-ortho nitro benzene ring substituents is 1. The van der Waals surface area contributed by atoms with Gasteiger partial charge in [-0.25, -0.2) is 4.99 Å². The number of aryl methyl sites for hydroxylation is 1. The average molecular weight is 562 g/mol. The minimum absolute atomic E-state index is 0.133. The third-order valence-electron chi connectivity index (χ3n) is 6.20. The number of hydrazone groups is 1. The van der Waals surface area contributed by atoms with E-state index in [-0.39, 0.29) is 23.5 Å². The quantitative estimate of drug-likeness (QED) is 0.215. The molecule has 0 aromatic heterocycles. The van der Waals surface area contributed by atoms with Crippen LogP contribution >= 0.6 is 11.8 Å². The summed E-state index contributed by atoms with van der Waals surface area (Å²) in [5.41, 5.74) is 3.45. The number of para-hydroxylation sites is 1. The Kier molecular flexibility index (Phi) is 8.80. The van der Waals surface area contributed by atoms with Crippen molar-refractivity contribution in [1.29, 1.82) is 0 Å². The Balaban J connectivity index is 1.60. The predicted octanol–water partition coefficient (Wildman–Crippen LogP) is 5.22. The molecule has 3 aromatic carbocycles. The molecule has 0 unspecified atom stereocenters. The molecule has 1 fully saturated rings. The monoisotopic (exact) mass is 561 g/mol. The van der Waals surface area contributed by atoms with Crippen LogP contribution in [0.4, 0.5) is 17.1 Å². The van der Waals surface area contributed by atoms with Crippen molar-refractivity contribution in [3.05, 3.63) is 87.5 Å². The van der Waals surface area contributed by atoms with Crippen LogP contribution < -0.4 is 14.8 Å². The van der Waals surface area contributed by atoms with Crippen LogP contribution in [0.3, 0.4) is 0 Å². The van der Waals surface area contributed by atoms with Crippen molar-refractivity contribution in [3.63, 3.8) is 0 Å². The Morgan fingerprint density at radius 2 is 1.85 bits per heavy atom. The topological polar surface area (TPSA) is 136 Å². The van der Waals surface area contributed by atoms with E-state index in [9.17, 15) is 19.7 Å². The number of methoxy groups -OCH3 is 2. The lowest BCUT2D eigenvalue weighted by molar-refractivity contribution is -0.384. The van der Waals surface area contributed by atoms with Crippen molar-refractivity contribution in [2.24, 2.45) is 10.1 Å². The van der Waals surface area contributed by atoms with E-state index in [2.05, 4.69) is 10.4 Å². The van der Waals surface area contributed by atoms with Gasteiger partial charge < -0.3 is 14.8 Å². The van der Waals surface area contributed by atoms with Crippen molar-refractivity contribution < 1.29 is 24.0 Å². The van der Waals surface area contributed by atoms with E-state index in [0.717, 1.165) is 22.9 Å². The molecule has 1 N–H and O–H groups in total. The summed E-state index contributed by atoms with van der Waals surface area (Å²) in [6.07, 6.45) is 1.33. The lowest BCUT2D eigenvalue weighted by Crippen LogP contribution is -2.29. The first-order valence-electron chi connectivity index (χ1n) is 12.2. The number of hydrogen-bond acceptors (Lipinski definition) is 9. The number of amidine groups is 1. The number of amides is 2. The zero-order valence-electron chi connectivity index (χ0n) is 22.3. The van der Waals surface area contributed by atoms with Gasteiger partial charge in [0, 0.05) is 18.1 Å². The molecule has 11 nitrogen and oxygen atoms in total. The summed E-state index contributed by atoms with van der Waals surface area (Å²) in [6.45, 7) is 3.92. The molecule has 1 atom stereocenters. The number of carbonyl (C=O) groups excluding carboxylic acids is 2. The third kappa shape index (κ3) is 6.29. The van der Waals surface area contributed by atoms with Gasteiger partial charge in [0.2, 0.25) is 5.91 Å². The number of thioether (sulfide) groups is 1. The molecule has 40 heavy (non-hydrogen) atoms. The van der Waals surface area contributed by atoms with Crippen LogP contribution in [0.2, 0.25) is 0 Å². The highest BCUT2D eigenvalue weighted by Crippen LogP contribution is 2.34. The van der Waals surface area contributed by atoms with E-state index in [1.807, 2.05) is 44.2 Å². The number of nitro benzene ring substituents is 1. The second-order valence-corrected chi connectivity index (χ2v) is 9.92. The number of nitrogens with one attached hydrogen (secondary N) is 1. The van der Waals surface area contributed by atoms with Crippen molar-refractivity contribution in [1.82, 2.24) is 5.01 Å². The van der Waals surface area contributed by atoms with Crippen LogP contribution in [0, 0.1) is 24.0 Å². The molecular weight excluding hydrogens is 534 g/mol. The maximum atomic E-state index is 13.5. The first kappa shape index (κ1) is 28.3. The van der Waals surface area contributed by atoms with Gasteiger partial charge >= 0.3 is 0 Å². The maximum Gasteiger partial charge on any atom is 0.273 e. The average Bonchev–Trinajstić information content (AvgIpc) is 3.23. The third-order valence-corrected chi connectivity index (χ3v) is 7.33. The van der Waals surface area contributed by atoms with E-state index in [1.54, 1.807) is 19.2 Å². The minimum atomic E-state index is -0.803. The predicted molar refractivity (Wildman–Crippen MR) is 155 cm³/mol. The fraction of sp³-hybridized carbons (Fsp3) is 0.214. The van der Waals surface area contributed by atoms with E-state index < -0.39 is 22.0 Å². The number of hydrogen-bond donors (Lipinski definition) is 1. The van der Waals surface area contributed by atoms with Crippen molar-refractivity contribution in [2.45, 2.75) is 25.5 Å². The van der Waals surface area contributed by atoms with Crippen LogP contribution in [0.5, 0.6) is 11.5 Å². The largest absolute Gasteiger partial charge is 0.496 e. The number of aliphatic imine (C=N–C) groups is 1. The zero-order valence-corrected chi connectivity index (χ0v) is 23.1. The van der Waals surface area contributed by atoms with Crippen molar-refractivity contribution >= 4 is 52.0 Å². The lowest BCUT2D eigenvalue weighted by atomic mass is 10.1. The van der Waals surface area contributed by atoms with E-state index >= 15 is 0 Å². The Hall–Kier alpha value is -4.71. The van der Waals surface area contributed by atoms with Crippen LogP contribution in [0.25, 0.3) is 0 Å². The molecule has 1 heterocycles. The molecule has 1 aliphatic heterocycles. The van der Waals surface area contributed by atoms with Gasteiger partial charge in [-0.1, -0.05) is 36.0 Å². The number of rotatable bonds is 9. The second-order valence-electron chi connectivity index (χ2n) is 8.75. The van der Waals surface area contributed by atoms with Crippen LogP contribution in [-0.4, -0.2) is 52.6 Å². The number of nitrogens with zero attached hydrogens (tertiary/aromatic N) is 4. The molecule has 12 heteroatoms. The lowest BCUT2D eigenvalue weighted by Gasteiger charge is -2.12. The highest BCUT2D eigenvalue weighted by Gasteiger charge is 2.40. The molecule has 2 amide bonds. The summed E-state index contributed by atoms with van der Waals surface area (Å²) in [7, 11) is 2.89. The molecule has 0 bridgehead atoms. The number of anilines is 1. The molecule has 0 aliphatic carbocycles. The Morgan fingerprint density at radius 1 is 1.10 bits per heavy atom. The van der Waals surface area contributed by atoms with E-state index in [1.165, 1.54) is 36.5 Å². The summed E-state index contributed by atoms with van der Waals surface area (Å²) in [4.78, 5) is 41.7. The molecule has 0 radical (unpaired) electrons. The van der Waals surface area contributed by atoms with Gasteiger partial charge in [-0.3, -0.25) is 19.7 Å². The van der Waals surface area contributed by atoms with Crippen LogP contribution in [0.15, 0.2) is 70.8 Å². The highest BCUT2D eigenvalue weighted by molar-refractivity contribution is 8.15. The van der Waals surface area contributed by atoms with Crippen molar-refractivity contribution in [3.8, 4) is 11.5 Å². The van der Waals surface area contributed by atoms with Gasteiger partial charge in [0.05, 0.1) is 42.8 Å². The van der Waals surface area contributed by atoms with Crippen LogP contribution in [-0.2, 0) is 9.59 Å². The Morgan fingerprint density at radius 3 is 2.58 bits per heavy atom. The van der Waals surface area contributed by atoms with Crippen LogP contribution in [0.1, 0.15) is 23.1 Å². The van der Waals surface area contributed by atoms with Crippen molar-refractivity contribution in [2.75, 3.05) is 19.5 Å². The molecule has 4 rings (SSSR count). The SMILES string of the molecule is COc1ccccc1/C=N\N1C(=O)[C@H](CC(=O)Nc2ccc([N+](=O)[O-])cc2OC)SC1=Nc1cccc(C)c1C. The van der Waals surface area contributed by atoms with Gasteiger partial charge in [-0.2, -0.15) is 10.1 Å².